The minimum atomic E-state index is -0.990. The van der Waals surface area contributed by atoms with Crippen LogP contribution in [0.1, 0.15) is 24.8 Å². The van der Waals surface area contributed by atoms with Gasteiger partial charge < -0.3 is 19.8 Å². The predicted molar refractivity (Wildman–Crippen MR) is 78.8 cm³/mol. The molecule has 0 saturated heterocycles. The first-order valence-corrected chi connectivity index (χ1v) is 7.15. The van der Waals surface area contributed by atoms with Crippen molar-refractivity contribution in [1.29, 1.82) is 0 Å². The average molecular weight is 279 g/mol. The first-order chi connectivity index (χ1) is 9.45. The van der Waals surface area contributed by atoms with Crippen LogP contribution >= 0.6 is 0 Å². The fourth-order valence-corrected chi connectivity index (χ4v) is 3.19. The molecule has 4 nitrogen and oxygen atoms in total. The molecular formula is C16H25NO3. The highest BCUT2D eigenvalue weighted by atomic mass is 16.5. The molecule has 1 saturated carbocycles. The Labute approximate surface area is 121 Å². The van der Waals surface area contributed by atoms with E-state index in [4.69, 9.17) is 4.74 Å². The largest absolute Gasteiger partial charge is 0.497 e. The minimum absolute atomic E-state index is 0.119. The van der Waals surface area contributed by atoms with Crippen LogP contribution in [-0.4, -0.2) is 49.0 Å². The smallest absolute Gasteiger partial charge is 0.119 e. The number of methoxy groups -OCH3 is 1. The van der Waals surface area contributed by atoms with Crippen LogP contribution in [-0.2, 0) is 5.60 Å². The van der Waals surface area contributed by atoms with Gasteiger partial charge in [0.15, 0.2) is 0 Å². The van der Waals surface area contributed by atoms with E-state index in [2.05, 4.69) is 4.90 Å². The topological polar surface area (TPSA) is 52.9 Å². The minimum Gasteiger partial charge on any atom is -0.497 e. The maximum Gasteiger partial charge on any atom is 0.119 e. The van der Waals surface area contributed by atoms with Gasteiger partial charge in [-0.2, -0.15) is 0 Å². The van der Waals surface area contributed by atoms with Crippen molar-refractivity contribution in [2.45, 2.75) is 31.0 Å². The number of aliphatic hydroxyl groups excluding tert-OH is 1. The van der Waals surface area contributed by atoms with E-state index in [0.29, 0.717) is 6.42 Å². The zero-order valence-electron chi connectivity index (χ0n) is 12.5. The van der Waals surface area contributed by atoms with Gasteiger partial charge in [-0.1, -0.05) is 12.1 Å². The summed E-state index contributed by atoms with van der Waals surface area (Å²) in [5, 5.41) is 21.2. The SMILES string of the molecule is COc1cccc(C2(O)C[C@@H](O)CC[C@H]2CN(C)C)c1. The Balaban J connectivity index is 2.34. The molecule has 1 fully saturated rings. The summed E-state index contributed by atoms with van der Waals surface area (Å²) in [6.45, 7) is 0.806. The Bertz CT molecular complexity index is 449. The van der Waals surface area contributed by atoms with Crippen molar-refractivity contribution >= 4 is 0 Å². The zero-order chi connectivity index (χ0) is 14.8. The highest BCUT2D eigenvalue weighted by Crippen LogP contribution is 2.42. The molecule has 0 aliphatic heterocycles. The van der Waals surface area contributed by atoms with E-state index in [1.807, 2.05) is 38.4 Å². The average Bonchev–Trinajstić information content (AvgIpc) is 2.42. The summed E-state index contributed by atoms with van der Waals surface area (Å²) in [7, 11) is 5.64. The summed E-state index contributed by atoms with van der Waals surface area (Å²) >= 11 is 0. The molecule has 0 bridgehead atoms. The number of hydrogen-bond acceptors (Lipinski definition) is 4. The molecule has 20 heavy (non-hydrogen) atoms. The molecule has 2 N–H and O–H groups in total. The molecule has 3 atom stereocenters. The molecule has 1 unspecified atom stereocenters. The van der Waals surface area contributed by atoms with Gasteiger partial charge in [0.05, 0.1) is 18.8 Å². The lowest BCUT2D eigenvalue weighted by molar-refractivity contribution is -0.0992. The van der Waals surface area contributed by atoms with Crippen LogP contribution in [0.5, 0.6) is 5.75 Å². The third kappa shape index (κ3) is 3.14. The summed E-state index contributed by atoms with van der Waals surface area (Å²) in [4.78, 5) is 2.09. The van der Waals surface area contributed by atoms with E-state index in [-0.39, 0.29) is 5.92 Å². The van der Waals surface area contributed by atoms with Gasteiger partial charge in [0.25, 0.3) is 0 Å². The number of hydrogen-bond donors (Lipinski definition) is 2. The monoisotopic (exact) mass is 279 g/mol. The third-order valence-corrected chi connectivity index (χ3v) is 4.23. The molecule has 0 heterocycles. The van der Waals surface area contributed by atoms with Gasteiger partial charge in [0.2, 0.25) is 0 Å². The standard InChI is InChI=1S/C16H25NO3/c1-17(2)11-13-7-8-14(18)10-16(13,19)12-5-4-6-15(9-12)20-3/h4-6,9,13-14,18-19H,7-8,10-11H2,1-3H3/t13-,14-,16?/m0/s1. The van der Waals surface area contributed by atoms with Crippen molar-refractivity contribution in [3.8, 4) is 5.75 Å². The van der Waals surface area contributed by atoms with E-state index in [0.717, 1.165) is 30.7 Å². The van der Waals surface area contributed by atoms with E-state index < -0.39 is 11.7 Å². The molecule has 2 rings (SSSR count). The van der Waals surface area contributed by atoms with Gasteiger partial charge in [-0.25, -0.2) is 0 Å². The van der Waals surface area contributed by atoms with Gasteiger partial charge >= 0.3 is 0 Å². The molecule has 112 valence electrons. The summed E-state index contributed by atoms with van der Waals surface area (Å²) in [5.74, 6) is 0.854. The number of rotatable bonds is 4. The van der Waals surface area contributed by atoms with Crippen LogP contribution in [0.15, 0.2) is 24.3 Å². The number of benzene rings is 1. The second kappa shape index (κ2) is 6.12. The molecule has 4 heteroatoms. The van der Waals surface area contributed by atoms with Crippen LogP contribution in [0.25, 0.3) is 0 Å². The summed E-state index contributed by atoms with van der Waals surface area (Å²) in [5.41, 5.74) is -0.154. The van der Waals surface area contributed by atoms with Crippen molar-refractivity contribution in [3.05, 3.63) is 29.8 Å². The highest BCUT2D eigenvalue weighted by molar-refractivity contribution is 5.33. The molecule has 0 aromatic heterocycles. The van der Waals surface area contributed by atoms with E-state index in [1.54, 1.807) is 7.11 Å². The van der Waals surface area contributed by atoms with Gasteiger partial charge in [-0.05, 0) is 44.6 Å². The van der Waals surface area contributed by atoms with Crippen LogP contribution < -0.4 is 4.74 Å². The molecule has 1 aromatic carbocycles. The van der Waals surface area contributed by atoms with Crippen molar-refractivity contribution in [2.24, 2.45) is 5.92 Å². The highest BCUT2D eigenvalue weighted by Gasteiger charge is 2.43. The first kappa shape index (κ1) is 15.3. The van der Waals surface area contributed by atoms with Crippen molar-refractivity contribution < 1.29 is 14.9 Å². The maximum atomic E-state index is 11.2. The lowest BCUT2D eigenvalue weighted by Crippen LogP contribution is -2.46. The Kier molecular flexibility index (Phi) is 4.68. The lowest BCUT2D eigenvalue weighted by atomic mass is 9.70. The Hall–Kier alpha value is -1.10. The van der Waals surface area contributed by atoms with E-state index in [1.165, 1.54) is 0 Å². The van der Waals surface area contributed by atoms with E-state index >= 15 is 0 Å². The Morgan fingerprint density at radius 1 is 1.35 bits per heavy atom. The molecule has 0 radical (unpaired) electrons. The summed E-state index contributed by atoms with van der Waals surface area (Å²) in [6, 6.07) is 7.55. The second-order valence-electron chi connectivity index (χ2n) is 6.05. The van der Waals surface area contributed by atoms with Gasteiger partial charge in [0, 0.05) is 18.9 Å². The normalized spacial score (nSPS) is 30.5. The Morgan fingerprint density at radius 3 is 2.75 bits per heavy atom. The van der Waals surface area contributed by atoms with Gasteiger partial charge in [0.1, 0.15) is 5.75 Å². The fourth-order valence-electron chi connectivity index (χ4n) is 3.19. The quantitative estimate of drug-likeness (QED) is 0.879. The summed E-state index contributed by atoms with van der Waals surface area (Å²) in [6.07, 6.45) is 1.53. The number of aliphatic hydroxyl groups is 2. The maximum absolute atomic E-state index is 11.2. The van der Waals surface area contributed by atoms with Gasteiger partial charge in [-0.15, -0.1) is 0 Å². The van der Waals surface area contributed by atoms with Crippen molar-refractivity contribution in [1.82, 2.24) is 4.90 Å². The Morgan fingerprint density at radius 2 is 2.10 bits per heavy atom. The lowest BCUT2D eigenvalue weighted by Gasteiger charge is -2.43. The molecule has 1 aliphatic carbocycles. The first-order valence-electron chi connectivity index (χ1n) is 7.15. The van der Waals surface area contributed by atoms with Gasteiger partial charge in [-0.3, -0.25) is 0 Å². The molecular weight excluding hydrogens is 254 g/mol. The molecule has 0 spiro atoms. The van der Waals surface area contributed by atoms with Crippen LogP contribution in [0.2, 0.25) is 0 Å². The van der Waals surface area contributed by atoms with Crippen molar-refractivity contribution in [3.63, 3.8) is 0 Å². The molecule has 0 amide bonds. The second-order valence-corrected chi connectivity index (χ2v) is 6.05. The third-order valence-electron chi connectivity index (χ3n) is 4.23. The molecule has 1 aromatic rings. The fraction of sp³-hybridized carbons (Fsp3) is 0.625. The van der Waals surface area contributed by atoms with E-state index in [9.17, 15) is 10.2 Å². The van der Waals surface area contributed by atoms with Crippen LogP contribution in [0, 0.1) is 5.92 Å². The number of nitrogens with zero attached hydrogens (tertiary/aromatic N) is 1. The van der Waals surface area contributed by atoms with Crippen LogP contribution in [0.3, 0.4) is 0 Å². The number of ether oxygens (including phenoxy) is 1. The predicted octanol–water partition coefficient (Wildman–Crippen LogP) is 1.61. The zero-order valence-corrected chi connectivity index (χ0v) is 12.5. The summed E-state index contributed by atoms with van der Waals surface area (Å²) < 4.78 is 5.25. The molecule has 1 aliphatic rings. The van der Waals surface area contributed by atoms with Crippen LogP contribution in [0.4, 0.5) is 0 Å². The van der Waals surface area contributed by atoms with Crippen molar-refractivity contribution in [2.75, 3.05) is 27.7 Å².